The number of likely N-dealkylation sites (tertiary alicyclic amines) is 1. The van der Waals surface area contributed by atoms with Crippen molar-refractivity contribution >= 4 is 18.3 Å². The molecule has 1 amide bonds. The van der Waals surface area contributed by atoms with Crippen LogP contribution in [-0.4, -0.2) is 29.9 Å². The molecule has 0 aliphatic carbocycles. The lowest BCUT2D eigenvalue weighted by atomic mass is 9.92. The van der Waals surface area contributed by atoms with Gasteiger partial charge >= 0.3 is 0 Å². The van der Waals surface area contributed by atoms with E-state index < -0.39 is 0 Å². The molecule has 2 unspecified atom stereocenters. The predicted octanol–water partition coefficient (Wildman–Crippen LogP) is 2.94. The van der Waals surface area contributed by atoms with Gasteiger partial charge in [0.05, 0.1) is 0 Å². The predicted molar refractivity (Wildman–Crippen MR) is 89.7 cm³/mol. The van der Waals surface area contributed by atoms with Crippen molar-refractivity contribution in [3.05, 3.63) is 35.4 Å². The number of carbonyl (C=O) groups excluding carboxylic acids is 1. The zero-order valence-corrected chi connectivity index (χ0v) is 13.9. The summed E-state index contributed by atoms with van der Waals surface area (Å²) >= 11 is 0. The van der Waals surface area contributed by atoms with Crippen LogP contribution in [0.25, 0.3) is 0 Å². The summed E-state index contributed by atoms with van der Waals surface area (Å²) < 4.78 is 0. The van der Waals surface area contributed by atoms with E-state index >= 15 is 0 Å². The molecule has 1 heterocycles. The van der Waals surface area contributed by atoms with Crippen LogP contribution in [-0.2, 0) is 11.2 Å². The minimum absolute atomic E-state index is 0. The fraction of sp³-hybridized carbons (Fsp3) is 0.588. The number of hydrogen-bond acceptors (Lipinski definition) is 2. The van der Waals surface area contributed by atoms with E-state index in [1.54, 1.807) is 0 Å². The van der Waals surface area contributed by atoms with E-state index in [4.69, 9.17) is 5.73 Å². The highest BCUT2D eigenvalue weighted by molar-refractivity contribution is 5.85. The molecule has 2 rings (SSSR count). The number of carbonyl (C=O) groups is 1. The van der Waals surface area contributed by atoms with Crippen molar-refractivity contribution in [2.45, 2.75) is 45.6 Å². The average Bonchev–Trinajstić information content (AvgIpc) is 2.46. The first kappa shape index (κ1) is 18.0. The van der Waals surface area contributed by atoms with E-state index in [-0.39, 0.29) is 24.4 Å². The molecule has 1 aromatic rings. The van der Waals surface area contributed by atoms with E-state index in [0.29, 0.717) is 18.9 Å². The van der Waals surface area contributed by atoms with Gasteiger partial charge in [-0.1, -0.05) is 36.8 Å². The molecule has 4 heteroatoms. The Morgan fingerprint density at radius 2 is 2.00 bits per heavy atom. The van der Waals surface area contributed by atoms with Crippen LogP contribution in [0.1, 0.15) is 37.3 Å². The second-order valence-corrected chi connectivity index (χ2v) is 6.09. The number of halogens is 1. The second-order valence-electron chi connectivity index (χ2n) is 6.09. The minimum Gasteiger partial charge on any atom is -0.338 e. The quantitative estimate of drug-likeness (QED) is 0.929. The number of nitrogens with two attached hydrogens (primary N) is 1. The van der Waals surface area contributed by atoms with Crippen LogP contribution in [0.15, 0.2) is 24.3 Å². The average molecular weight is 311 g/mol. The molecule has 2 atom stereocenters. The van der Waals surface area contributed by atoms with Crippen LogP contribution in [0.2, 0.25) is 0 Å². The molecule has 0 aromatic heterocycles. The largest absolute Gasteiger partial charge is 0.338 e. The monoisotopic (exact) mass is 310 g/mol. The van der Waals surface area contributed by atoms with E-state index in [1.807, 2.05) is 4.90 Å². The first-order chi connectivity index (χ1) is 9.60. The fourth-order valence-electron chi connectivity index (χ4n) is 2.95. The summed E-state index contributed by atoms with van der Waals surface area (Å²) in [7, 11) is 0. The first-order valence-corrected chi connectivity index (χ1v) is 7.65. The van der Waals surface area contributed by atoms with Gasteiger partial charge in [-0.2, -0.15) is 0 Å². The maximum Gasteiger partial charge on any atom is 0.223 e. The summed E-state index contributed by atoms with van der Waals surface area (Å²) in [5.74, 6) is 0.942. The summed E-state index contributed by atoms with van der Waals surface area (Å²) in [4.78, 5) is 14.4. The van der Waals surface area contributed by atoms with Crippen molar-refractivity contribution in [3.8, 4) is 0 Å². The second kappa shape index (κ2) is 8.40. The molecule has 0 saturated carbocycles. The number of hydrogen-bond donors (Lipinski definition) is 1. The van der Waals surface area contributed by atoms with Crippen LogP contribution in [0, 0.1) is 12.8 Å². The van der Waals surface area contributed by atoms with Gasteiger partial charge in [0.2, 0.25) is 5.91 Å². The van der Waals surface area contributed by atoms with Crippen LogP contribution < -0.4 is 5.73 Å². The molecule has 1 aromatic carbocycles. The van der Waals surface area contributed by atoms with Gasteiger partial charge in [-0.3, -0.25) is 4.79 Å². The molecule has 1 fully saturated rings. The van der Waals surface area contributed by atoms with Crippen molar-refractivity contribution in [2.24, 2.45) is 11.7 Å². The Morgan fingerprint density at radius 3 is 2.62 bits per heavy atom. The van der Waals surface area contributed by atoms with Gasteiger partial charge < -0.3 is 10.6 Å². The SMILES string of the molecule is Cc1ccc(CCC(=O)N2CCC(C)CC2CN)cc1.Cl. The highest BCUT2D eigenvalue weighted by atomic mass is 35.5. The molecule has 0 radical (unpaired) electrons. The fourth-order valence-corrected chi connectivity index (χ4v) is 2.95. The topological polar surface area (TPSA) is 46.3 Å². The normalized spacial score (nSPS) is 21.8. The zero-order chi connectivity index (χ0) is 14.5. The lowest BCUT2D eigenvalue weighted by molar-refractivity contribution is -0.135. The number of benzene rings is 1. The Hall–Kier alpha value is -1.06. The summed E-state index contributed by atoms with van der Waals surface area (Å²) in [6, 6.07) is 8.67. The summed E-state index contributed by atoms with van der Waals surface area (Å²) in [6.07, 6.45) is 3.57. The molecule has 3 nitrogen and oxygen atoms in total. The van der Waals surface area contributed by atoms with Crippen molar-refractivity contribution in [1.82, 2.24) is 4.90 Å². The van der Waals surface area contributed by atoms with Gasteiger partial charge in [0.15, 0.2) is 0 Å². The molecular formula is C17H27ClN2O. The summed E-state index contributed by atoms with van der Waals surface area (Å²) in [5.41, 5.74) is 8.32. The molecule has 2 N–H and O–H groups in total. The Bertz CT molecular complexity index is 447. The van der Waals surface area contributed by atoms with Gasteiger partial charge in [0.25, 0.3) is 0 Å². The Kier molecular flexibility index (Phi) is 7.20. The van der Waals surface area contributed by atoms with Crippen LogP contribution in [0.4, 0.5) is 0 Å². The van der Waals surface area contributed by atoms with Gasteiger partial charge in [0.1, 0.15) is 0 Å². The Labute approximate surface area is 134 Å². The lowest BCUT2D eigenvalue weighted by Gasteiger charge is -2.38. The highest BCUT2D eigenvalue weighted by Crippen LogP contribution is 2.22. The van der Waals surface area contributed by atoms with Crippen molar-refractivity contribution in [3.63, 3.8) is 0 Å². The summed E-state index contributed by atoms with van der Waals surface area (Å²) in [6.45, 7) is 5.78. The van der Waals surface area contributed by atoms with E-state index in [9.17, 15) is 4.79 Å². The Balaban J connectivity index is 0.00000220. The van der Waals surface area contributed by atoms with Crippen LogP contribution in [0.3, 0.4) is 0 Å². The van der Waals surface area contributed by atoms with Crippen LogP contribution in [0.5, 0.6) is 0 Å². The van der Waals surface area contributed by atoms with Gasteiger partial charge in [-0.15, -0.1) is 12.4 Å². The smallest absolute Gasteiger partial charge is 0.223 e. The minimum atomic E-state index is 0. The standard InChI is InChI=1S/C17H26N2O.ClH/c1-13-3-5-15(6-4-13)7-8-17(20)19-10-9-14(2)11-16(19)12-18;/h3-6,14,16H,7-12,18H2,1-2H3;1H. The van der Waals surface area contributed by atoms with Gasteiger partial charge in [0, 0.05) is 25.6 Å². The van der Waals surface area contributed by atoms with Crippen molar-refractivity contribution in [2.75, 3.05) is 13.1 Å². The molecule has 21 heavy (non-hydrogen) atoms. The molecule has 0 bridgehead atoms. The van der Waals surface area contributed by atoms with Crippen LogP contribution >= 0.6 is 12.4 Å². The van der Waals surface area contributed by atoms with Gasteiger partial charge in [-0.05, 0) is 37.7 Å². The Morgan fingerprint density at radius 1 is 1.33 bits per heavy atom. The van der Waals surface area contributed by atoms with Crippen molar-refractivity contribution < 1.29 is 4.79 Å². The molecule has 1 aliphatic rings. The third-order valence-electron chi connectivity index (χ3n) is 4.32. The number of piperidine rings is 1. The molecule has 1 aliphatic heterocycles. The first-order valence-electron chi connectivity index (χ1n) is 7.65. The van der Waals surface area contributed by atoms with E-state index in [0.717, 1.165) is 25.8 Å². The van der Waals surface area contributed by atoms with Crippen molar-refractivity contribution in [1.29, 1.82) is 0 Å². The number of aryl methyl sites for hydroxylation is 2. The number of nitrogens with zero attached hydrogens (tertiary/aromatic N) is 1. The zero-order valence-electron chi connectivity index (χ0n) is 13.0. The van der Waals surface area contributed by atoms with Gasteiger partial charge in [-0.25, -0.2) is 0 Å². The van der Waals surface area contributed by atoms with E-state index in [1.165, 1.54) is 11.1 Å². The van der Waals surface area contributed by atoms with E-state index in [2.05, 4.69) is 38.1 Å². The molecule has 1 saturated heterocycles. The molecular weight excluding hydrogens is 284 g/mol. The lowest BCUT2D eigenvalue weighted by Crippen LogP contribution is -2.49. The highest BCUT2D eigenvalue weighted by Gasteiger charge is 2.28. The summed E-state index contributed by atoms with van der Waals surface area (Å²) in [5, 5.41) is 0. The molecule has 118 valence electrons. The molecule has 0 spiro atoms. The maximum atomic E-state index is 12.4. The number of rotatable bonds is 4. The number of amides is 1. The third kappa shape index (κ3) is 5.01. The third-order valence-corrected chi connectivity index (χ3v) is 4.32. The maximum absolute atomic E-state index is 12.4.